The zero-order chi connectivity index (χ0) is 5.70. The van der Waals surface area contributed by atoms with E-state index in [2.05, 4.69) is 36.4 Å². The molecule has 0 aliphatic rings. The van der Waals surface area contributed by atoms with E-state index >= 15 is 0 Å². The summed E-state index contributed by atoms with van der Waals surface area (Å²) < 4.78 is 1.08. The molecular formula is C4H5Br2In. The van der Waals surface area contributed by atoms with Gasteiger partial charge in [0.2, 0.25) is 0 Å². The predicted molar refractivity (Wildman–Crippen MR) is 41.9 cm³/mol. The summed E-state index contributed by atoms with van der Waals surface area (Å²) in [5.41, 5.74) is 0. The molecule has 0 rings (SSSR count). The Hall–Kier alpha value is 1.39. The van der Waals surface area contributed by atoms with Crippen LogP contribution in [-0.2, 0) is 0 Å². The van der Waals surface area contributed by atoms with Crippen molar-refractivity contribution in [2.24, 2.45) is 0 Å². The van der Waals surface area contributed by atoms with Crippen LogP contribution in [-0.4, -0.2) is 16.8 Å². The molecule has 0 aliphatic carbocycles. The van der Waals surface area contributed by atoms with Crippen molar-refractivity contribution in [1.29, 1.82) is 0 Å². The first-order valence-electron chi connectivity index (χ1n) is 1.95. The van der Waals surface area contributed by atoms with Crippen LogP contribution in [0.2, 0.25) is 4.18 Å². The first kappa shape index (κ1) is 8.39. The van der Waals surface area contributed by atoms with E-state index < -0.39 is 16.8 Å². The third-order valence-electron chi connectivity index (χ3n) is 0.433. The zero-order valence-electron chi connectivity index (χ0n) is 4.04. The van der Waals surface area contributed by atoms with E-state index in [-0.39, 0.29) is 0 Å². The summed E-state index contributed by atoms with van der Waals surface area (Å²) in [4.78, 5) is 0. The van der Waals surface area contributed by atoms with Gasteiger partial charge in [0, 0.05) is 0 Å². The van der Waals surface area contributed by atoms with E-state index in [1.165, 1.54) is 0 Å². The number of hydrogen-bond donors (Lipinski definition) is 0. The van der Waals surface area contributed by atoms with Gasteiger partial charge in [-0.25, -0.2) is 0 Å². The molecule has 7 heavy (non-hydrogen) atoms. The van der Waals surface area contributed by atoms with Gasteiger partial charge in [0.25, 0.3) is 0 Å². The Morgan fingerprint density at radius 3 is 2.29 bits per heavy atom. The van der Waals surface area contributed by atoms with Crippen molar-refractivity contribution in [2.75, 3.05) is 0 Å². The van der Waals surface area contributed by atoms with Crippen LogP contribution in [0.5, 0.6) is 0 Å². The van der Waals surface area contributed by atoms with Gasteiger partial charge in [0.15, 0.2) is 0 Å². The van der Waals surface area contributed by atoms with E-state index in [9.17, 15) is 0 Å². The normalized spacial score (nSPS) is 6.71. The van der Waals surface area contributed by atoms with Gasteiger partial charge in [-0.1, -0.05) is 0 Å². The third kappa shape index (κ3) is 7.39. The first-order valence-corrected chi connectivity index (χ1v) is 19.1. The molecule has 0 unspecified atom stereocenters. The predicted octanol–water partition coefficient (Wildman–Crippen LogP) is 2.29. The van der Waals surface area contributed by atoms with Crippen molar-refractivity contribution < 1.29 is 0 Å². The molecule has 0 fully saturated rings. The molecule has 0 nitrogen and oxygen atoms in total. The standard InChI is InChI=1S/C4H5.2BrH.In/c1-3-4-2;;;/h1H2,2H3;2*1H;/q;;;+2/p-2. The maximum absolute atomic E-state index is 3.50. The second kappa shape index (κ2) is 5.53. The van der Waals surface area contributed by atoms with Crippen LogP contribution in [0.15, 0.2) is 0 Å². The molecule has 0 aromatic carbocycles. The Kier molecular flexibility index (Phi) is 6.62. The molecular weight excluding hydrogens is 323 g/mol. The van der Waals surface area contributed by atoms with Crippen LogP contribution in [0.25, 0.3) is 0 Å². The number of halogens is 2. The Morgan fingerprint density at radius 1 is 1.57 bits per heavy atom. The Balaban J connectivity index is 3.08. The van der Waals surface area contributed by atoms with Crippen LogP contribution in [0.3, 0.4) is 0 Å². The summed E-state index contributed by atoms with van der Waals surface area (Å²) in [7, 11) is 0. The van der Waals surface area contributed by atoms with E-state index in [1.807, 2.05) is 6.92 Å². The molecule has 38 valence electrons. The molecule has 0 amide bonds. The van der Waals surface area contributed by atoms with Crippen LogP contribution in [0, 0.1) is 11.8 Å². The molecule has 0 saturated carbocycles. The van der Waals surface area contributed by atoms with E-state index in [0.29, 0.717) is 0 Å². The summed E-state index contributed by atoms with van der Waals surface area (Å²) in [6.07, 6.45) is 0. The van der Waals surface area contributed by atoms with Crippen molar-refractivity contribution >= 4 is 41.4 Å². The SMILES string of the molecule is CC#C[CH2][In]([Br])[Br]. The maximum atomic E-state index is 3.50. The summed E-state index contributed by atoms with van der Waals surface area (Å²) >= 11 is 5.70. The Bertz CT molecular complexity index is 89.6. The second-order valence-corrected chi connectivity index (χ2v) is 27.5. The molecule has 0 saturated heterocycles. The number of rotatable bonds is 1. The molecule has 0 spiro atoms. The Labute approximate surface area is 63.6 Å². The van der Waals surface area contributed by atoms with Gasteiger partial charge in [-0.15, -0.1) is 0 Å². The summed E-state index contributed by atoms with van der Waals surface area (Å²) in [5.74, 6) is 5.84. The average molecular weight is 328 g/mol. The molecule has 0 aromatic heterocycles. The zero-order valence-corrected chi connectivity index (χ0v) is 10.5. The molecule has 3 heteroatoms. The van der Waals surface area contributed by atoms with Crippen molar-refractivity contribution in [1.82, 2.24) is 0 Å². The van der Waals surface area contributed by atoms with Crippen molar-refractivity contribution in [3.8, 4) is 11.8 Å². The van der Waals surface area contributed by atoms with Gasteiger partial charge in [-0.2, -0.15) is 0 Å². The molecule has 0 heterocycles. The second-order valence-electron chi connectivity index (χ2n) is 1.02. The fourth-order valence-electron chi connectivity index (χ4n) is 0.179. The van der Waals surface area contributed by atoms with E-state index in [4.69, 9.17) is 0 Å². The van der Waals surface area contributed by atoms with Crippen molar-refractivity contribution in [3.05, 3.63) is 0 Å². The average Bonchev–Trinajstić information content (AvgIpc) is 1.61. The fourth-order valence-corrected chi connectivity index (χ4v) is 3.37. The molecule has 0 radical (unpaired) electrons. The van der Waals surface area contributed by atoms with Gasteiger partial charge in [0.1, 0.15) is 0 Å². The summed E-state index contributed by atoms with van der Waals surface area (Å²) in [5, 5.41) is 0. The van der Waals surface area contributed by atoms with Crippen LogP contribution < -0.4 is 0 Å². The number of hydrogen-bond acceptors (Lipinski definition) is 0. The fraction of sp³-hybridized carbons (Fsp3) is 0.500. The summed E-state index contributed by atoms with van der Waals surface area (Å²) in [6, 6.07) is 0. The van der Waals surface area contributed by atoms with E-state index in [0.717, 1.165) is 4.18 Å². The molecule has 0 N–H and O–H groups in total. The van der Waals surface area contributed by atoms with Gasteiger partial charge in [-0.05, 0) is 0 Å². The van der Waals surface area contributed by atoms with Crippen LogP contribution in [0.1, 0.15) is 6.92 Å². The Morgan fingerprint density at radius 2 is 2.14 bits per heavy atom. The van der Waals surface area contributed by atoms with Gasteiger partial charge >= 0.3 is 64.3 Å². The monoisotopic (exact) mass is 326 g/mol. The molecule has 0 aliphatic heterocycles. The molecule has 0 aromatic rings. The summed E-state index contributed by atoms with van der Waals surface area (Å²) in [6.45, 7) is 1.87. The van der Waals surface area contributed by atoms with Crippen LogP contribution in [0.4, 0.5) is 0 Å². The van der Waals surface area contributed by atoms with E-state index in [1.54, 1.807) is 0 Å². The topological polar surface area (TPSA) is 0 Å². The van der Waals surface area contributed by atoms with Crippen molar-refractivity contribution in [3.63, 3.8) is 0 Å². The quantitative estimate of drug-likeness (QED) is 0.648. The third-order valence-corrected chi connectivity index (χ3v) is 6.24. The van der Waals surface area contributed by atoms with Gasteiger partial charge < -0.3 is 0 Å². The molecule has 0 atom stereocenters. The minimum atomic E-state index is -1.30. The minimum absolute atomic E-state index is 1.08. The van der Waals surface area contributed by atoms with Crippen molar-refractivity contribution in [2.45, 2.75) is 11.1 Å². The van der Waals surface area contributed by atoms with Crippen LogP contribution >= 0.6 is 24.6 Å². The first-order chi connectivity index (χ1) is 3.27. The van der Waals surface area contributed by atoms with Gasteiger partial charge in [0.05, 0.1) is 0 Å². The molecule has 0 bridgehead atoms. The van der Waals surface area contributed by atoms with Gasteiger partial charge in [-0.3, -0.25) is 0 Å².